The SMILES string of the molecule is Cc1ccc(-c2cc3nc(NC(C)(C)C)nc(NCCCN(C)C)c3s2)cc1. The van der Waals surface area contributed by atoms with Gasteiger partial charge in [-0.3, -0.25) is 0 Å². The second-order valence-electron chi connectivity index (χ2n) is 8.55. The first-order valence-electron chi connectivity index (χ1n) is 9.77. The van der Waals surface area contributed by atoms with Gasteiger partial charge in [-0.25, -0.2) is 4.98 Å². The van der Waals surface area contributed by atoms with E-state index in [-0.39, 0.29) is 5.54 Å². The minimum atomic E-state index is -0.0916. The molecule has 150 valence electrons. The van der Waals surface area contributed by atoms with Crippen LogP contribution >= 0.6 is 11.3 Å². The Labute approximate surface area is 172 Å². The number of nitrogens with one attached hydrogen (secondary N) is 2. The Balaban J connectivity index is 1.95. The van der Waals surface area contributed by atoms with Crippen LogP contribution in [0, 0.1) is 6.92 Å². The zero-order valence-corrected chi connectivity index (χ0v) is 18.6. The molecule has 2 aromatic heterocycles. The van der Waals surface area contributed by atoms with Crippen molar-refractivity contribution in [3.05, 3.63) is 35.9 Å². The molecule has 0 aliphatic heterocycles. The van der Waals surface area contributed by atoms with Crippen LogP contribution in [-0.4, -0.2) is 47.6 Å². The first kappa shape index (κ1) is 20.6. The summed E-state index contributed by atoms with van der Waals surface area (Å²) in [6.07, 6.45) is 1.07. The van der Waals surface area contributed by atoms with Crippen molar-refractivity contribution in [2.24, 2.45) is 0 Å². The Morgan fingerprint density at radius 2 is 1.79 bits per heavy atom. The maximum atomic E-state index is 4.79. The number of benzene rings is 1. The van der Waals surface area contributed by atoms with Gasteiger partial charge in [-0.15, -0.1) is 11.3 Å². The lowest BCUT2D eigenvalue weighted by atomic mass is 10.1. The van der Waals surface area contributed by atoms with Gasteiger partial charge in [-0.05, 0) is 66.4 Å². The molecule has 1 aromatic carbocycles. The van der Waals surface area contributed by atoms with Crippen LogP contribution in [0.3, 0.4) is 0 Å². The topological polar surface area (TPSA) is 53.1 Å². The third-order valence-electron chi connectivity index (χ3n) is 4.27. The smallest absolute Gasteiger partial charge is 0.225 e. The van der Waals surface area contributed by atoms with E-state index >= 15 is 0 Å². The highest BCUT2D eigenvalue weighted by Crippen LogP contribution is 2.37. The summed E-state index contributed by atoms with van der Waals surface area (Å²) in [7, 11) is 4.20. The van der Waals surface area contributed by atoms with Crippen LogP contribution in [0.2, 0.25) is 0 Å². The van der Waals surface area contributed by atoms with Crippen molar-refractivity contribution >= 4 is 33.3 Å². The summed E-state index contributed by atoms with van der Waals surface area (Å²) in [5, 5.41) is 6.95. The van der Waals surface area contributed by atoms with Gasteiger partial charge in [0.1, 0.15) is 5.82 Å². The molecule has 0 aliphatic rings. The molecule has 0 aliphatic carbocycles. The van der Waals surface area contributed by atoms with Crippen molar-refractivity contribution in [3.63, 3.8) is 0 Å². The monoisotopic (exact) mass is 397 g/mol. The Morgan fingerprint density at radius 3 is 2.43 bits per heavy atom. The number of nitrogens with zero attached hydrogens (tertiary/aromatic N) is 3. The molecule has 0 bridgehead atoms. The van der Waals surface area contributed by atoms with Crippen LogP contribution in [-0.2, 0) is 0 Å². The molecule has 6 heteroatoms. The number of aromatic nitrogens is 2. The lowest BCUT2D eigenvalue weighted by Crippen LogP contribution is -2.27. The van der Waals surface area contributed by atoms with Gasteiger partial charge in [0, 0.05) is 17.0 Å². The summed E-state index contributed by atoms with van der Waals surface area (Å²) in [6.45, 7) is 10.4. The van der Waals surface area contributed by atoms with Gasteiger partial charge in [0.25, 0.3) is 0 Å². The summed E-state index contributed by atoms with van der Waals surface area (Å²) in [6, 6.07) is 10.8. The molecular weight excluding hydrogens is 366 g/mol. The fourth-order valence-corrected chi connectivity index (χ4v) is 3.97. The van der Waals surface area contributed by atoms with Crippen molar-refractivity contribution in [2.45, 2.75) is 39.7 Å². The zero-order valence-electron chi connectivity index (χ0n) is 17.8. The maximum absolute atomic E-state index is 4.79. The number of hydrogen-bond acceptors (Lipinski definition) is 6. The van der Waals surface area contributed by atoms with E-state index < -0.39 is 0 Å². The fraction of sp³-hybridized carbons (Fsp3) is 0.455. The molecule has 0 saturated heterocycles. The van der Waals surface area contributed by atoms with E-state index in [1.165, 1.54) is 16.0 Å². The Bertz CT molecular complexity index is 922. The lowest BCUT2D eigenvalue weighted by molar-refractivity contribution is 0.405. The number of fused-ring (bicyclic) bond motifs is 1. The van der Waals surface area contributed by atoms with E-state index in [1.54, 1.807) is 11.3 Å². The quantitative estimate of drug-likeness (QED) is 0.534. The van der Waals surface area contributed by atoms with Gasteiger partial charge in [0.2, 0.25) is 5.95 Å². The van der Waals surface area contributed by atoms with E-state index in [4.69, 9.17) is 9.97 Å². The van der Waals surface area contributed by atoms with Gasteiger partial charge in [-0.1, -0.05) is 29.8 Å². The Hall–Kier alpha value is -2.18. The third kappa shape index (κ3) is 5.42. The summed E-state index contributed by atoms with van der Waals surface area (Å²) in [5.41, 5.74) is 3.38. The van der Waals surface area contributed by atoms with Gasteiger partial charge in [-0.2, -0.15) is 4.98 Å². The average molecular weight is 398 g/mol. The van der Waals surface area contributed by atoms with Gasteiger partial charge < -0.3 is 15.5 Å². The second kappa shape index (κ2) is 8.45. The average Bonchev–Trinajstić information content (AvgIpc) is 3.01. The first-order valence-corrected chi connectivity index (χ1v) is 10.6. The highest BCUT2D eigenvalue weighted by Gasteiger charge is 2.16. The van der Waals surface area contributed by atoms with Crippen molar-refractivity contribution < 1.29 is 0 Å². The fourth-order valence-electron chi connectivity index (χ4n) is 2.90. The largest absolute Gasteiger partial charge is 0.369 e. The Morgan fingerprint density at radius 1 is 1.07 bits per heavy atom. The van der Waals surface area contributed by atoms with E-state index in [1.807, 2.05) is 0 Å². The van der Waals surface area contributed by atoms with E-state index in [9.17, 15) is 0 Å². The summed E-state index contributed by atoms with van der Waals surface area (Å²) < 4.78 is 1.11. The van der Waals surface area contributed by atoms with Crippen LogP contribution in [0.15, 0.2) is 30.3 Å². The van der Waals surface area contributed by atoms with Crippen molar-refractivity contribution in [3.8, 4) is 10.4 Å². The molecule has 0 fully saturated rings. The second-order valence-corrected chi connectivity index (χ2v) is 9.60. The lowest BCUT2D eigenvalue weighted by Gasteiger charge is -2.21. The summed E-state index contributed by atoms with van der Waals surface area (Å²) >= 11 is 1.75. The third-order valence-corrected chi connectivity index (χ3v) is 5.45. The van der Waals surface area contributed by atoms with Crippen LogP contribution in [0.4, 0.5) is 11.8 Å². The first-order chi connectivity index (χ1) is 13.2. The minimum Gasteiger partial charge on any atom is -0.369 e. The number of rotatable bonds is 7. The van der Waals surface area contributed by atoms with Crippen LogP contribution in [0.25, 0.3) is 20.7 Å². The highest BCUT2D eigenvalue weighted by atomic mass is 32.1. The molecule has 5 nitrogen and oxygen atoms in total. The summed E-state index contributed by atoms with van der Waals surface area (Å²) in [5.74, 6) is 1.59. The van der Waals surface area contributed by atoms with E-state index in [0.29, 0.717) is 5.95 Å². The van der Waals surface area contributed by atoms with Crippen molar-refractivity contribution in [1.82, 2.24) is 14.9 Å². The van der Waals surface area contributed by atoms with Crippen LogP contribution < -0.4 is 10.6 Å². The number of thiophene rings is 1. The molecule has 2 heterocycles. The van der Waals surface area contributed by atoms with E-state index in [2.05, 4.69) is 87.7 Å². The molecule has 3 rings (SSSR count). The molecular formula is C22H31N5S. The normalized spacial score (nSPS) is 12.0. The predicted octanol–water partition coefficient (Wildman–Crippen LogP) is 5.24. The van der Waals surface area contributed by atoms with Gasteiger partial charge in [0.15, 0.2) is 0 Å². The standard InChI is InChI=1S/C22H31N5S/c1-15-8-10-16(11-9-15)18-14-17-19(28-18)20(23-12-7-13-27(5)6)25-21(24-17)26-22(2,3)4/h8-11,14H,7,12-13H2,1-6H3,(H2,23,24,25,26). The van der Waals surface area contributed by atoms with Gasteiger partial charge in [0.05, 0.1) is 10.2 Å². The van der Waals surface area contributed by atoms with Crippen LogP contribution in [0.1, 0.15) is 32.8 Å². The van der Waals surface area contributed by atoms with Gasteiger partial charge >= 0.3 is 0 Å². The summed E-state index contributed by atoms with van der Waals surface area (Å²) in [4.78, 5) is 13.0. The molecule has 2 N–H and O–H groups in total. The molecule has 0 atom stereocenters. The van der Waals surface area contributed by atoms with Crippen molar-refractivity contribution in [1.29, 1.82) is 0 Å². The van der Waals surface area contributed by atoms with E-state index in [0.717, 1.165) is 35.5 Å². The number of aryl methyl sites for hydroxylation is 1. The maximum Gasteiger partial charge on any atom is 0.225 e. The minimum absolute atomic E-state index is 0.0916. The number of hydrogen-bond donors (Lipinski definition) is 2. The molecule has 0 amide bonds. The molecule has 28 heavy (non-hydrogen) atoms. The highest BCUT2D eigenvalue weighted by molar-refractivity contribution is 7.22. The molecule has 3 aromatic rings. The number of anilines is 2. The predicted molar refractivity (Wildman–Crippen MR) is 123 cm³/mol. The molecule has 0 spiro atoms. The van der Waals surface area contributed by atoms with Crippen molar-refractivity contribution in [2.75, 3.05) is 37.8 Å². The zero-order chi connectivity index (χ0) is 20.3. The Kier molecular flexibility index (Phi) is 6.20. The molecule has 0 saturated carbocycles. The molecule has 0 radical (unpaired) electrons. The van der Waals surface area contributed by atoms with Crippen LogP contribution in [0.5, 0.6) is 0 Å². The molecule has 0 unspecified atom stereocenters.